The third-order valence-electron chi connectivity index (χ3n) is 34.4. The summed E-state index contributed by atoms with van der Waals surface area (Å²) in [6, 6.07) is 22.8. The summed E-state index contributed by atoms with van der Waals surface area (Å²) in [7, 11) is 0.762. The quantitative estimate of drug-likeness (QED) is 0.0134. The molecule has 0 radical (unpaired) electrons. The van der Waals surface area contributed by atoms with E-state index in [4.69, 9.17) is 46.7 Å². The number of benzene rings is 3. The van der Waals surface area contributed by atoms with Crippen LogP contribution in [-0.2, 0) is 81.1 Å². The number of carbonyl (C=O) groups excluding carboxylic acids is 6. The fraction of sp³-hybridized carbons (Fsp3) is 0.727. The Kier molecular flexibility index (Phi) is 36.5. The Balaban J connectivity index is 0.000000203. The molecular formula is C110H170O18Si2. The second-order valence-electron chi connectivity index (χ2n) is 44.9. The SMILES string of the molecule is CCCCOCCCCC1C(C)C(O)CC1[C@@]1(C=O)CC2C=C(C(C)C)[C@@]1(C(=O)OCc1ccc(OC)cc1)C2.CCCCOCCCCC1C(C)C(O[Si](C)(C)C(C)(C)C)CC1[C@@]1(C=O)CC2C=C(C(C)C)[C@@]1(C(=O)OCc1ccc(OC)cc1)C2.COc1ccc(COC(=O)[C@@]23CC(C=C2C(C)C)C[C@]3(C=O)C2CC(O[Si](C)(C)C(C)(C)C)C(C)C2CCCCO)cc1. The fourth-order valence-electron chi connectivity index (χ4n) is 25.6. The van der Waals surface area contributed by atoms with Gasteiger partial charge >= 0.3 is 17.9 Å². The number of hydrogen-bond donors (Lipinski definition) is 2. The highest BCUT2D eigenvalue weighted by Crippen LogP contribution is 2.75. The minimum Gasteiger partial charge on any atom is -0.497 e. The first-order valence-corrected chi connectivity index (χ1v) is 56.2. The highest BCUT2D eigenvalue weighted by Gasteiger charge is 2.76. The van der Waals surface area contributed by atoms with Crippen molar-refractivity contribution < 1.29 is 85.7 Å². The zero-order chi connectivity index (χ0) is 95.3. The van der Waals surface area contributed by atoms with Crippen LogP contribution in [0.1, 0.15) is 276 Å². The summed E-state index contributed by atoms with van der Waals surface area (Å²) in [6.07, 6.45) is 29.1. The molecule has 6 bridgehead atoms. The minimum absolute atomic E-state index is 0.00875. The number of hydrogen-bond acceptors (Lipinski definition) is 18. The lowest BCUT2D eigenvalue weighted by atomic mass is 9.52. The molecule has 0 aromatic heterocycles. The lowest BCUT2D eigenvalue weighted by molar-refractivity contribution is -0.167. The Morgan fingerprint density at radius 3 is 0.977 bits per heavy atom. The van der Waals surface area contributed by atoms with Crippen LogP contribution in [0.4, 0.5) is 0 Å². The molecule has 726 valence electrons. The van der Waals surface area contributed by atoms with Crippen molar-refractivity contribution in [2.45, 2.75) is 333 Å². The predicted octanol–water partition coefficient (Wildman–Crippen LogP) is 23.8. The molecule has 12 rings (SSSR count). The number of methoxy groups -OCH3 is 3. The van der Waals surface area contributed by atoms with E-state index in [-0.39, 0.29) is 149 Å². The van der Waals surface area contributed by atoms with Crippen molar-refractivity contribution in [1.29, 1.82) is 0 Å². The van der Waals surface area contributed by atoms with Crippen molar-refractivity contribution in [2.75, 3.05) is 54.4 Å². The molecule has 0 aliphatic heterocycles. The number of fused-ring (bicyclic) bond motifs is 6. The number of aliphatic hydroxyl groups excluding tert-OH is 2. The smallest absolute Gasteiger partial charge is 0.317 e. The highest BCUT2D eigenvalue weighted by atomic mass is 28.4. The molecule has 3 aromatic carbocycles. The van der Waals surface area contributed by atoms with Gasteiger partial charge in [-0.15, -0.1) is 0 Å². The first-order chi connectivity index (χ1) is 61.6. The van der Waals surface area contributed by atoms with Gasteiger partial charge in [-0.3, -0.25) is 14.4 Å². The van der Waals surface area contributed by atoms with Gasteiger partial charge in [0.1, 0.15) is 72.2 Å². The molecule has 0 amide bonds. The molecule has 2 N–H and O–H groups in total. The van der Waals surface area contributed by atoms with E-state index in [1.165, 1.54) is 12.6 Å². The summed E-state index contributed by atoms with van der Waals surface area (Å²) in [4.78, 5) is 84.6. The summed E-state index contributed by atoms with van der Waals surface area (Å²) in [5.41, 5.74) is 0.502. The first kappa shape index (κ1) is 106. The maximum Gasteiger partial charge on any atom is 0.317 e. The van der Waals surface area contributed by atoms with E-state index in [9.17, 15) is 39.0 Å². The van der Waals surface area contributed by atoms with Crippen molar-refractivity contribution in [1.82, 2.24) is 0 Å². The average Bonchev–Trinajstić information content (AvgIpc) is 1.53. The zero-order valence-electron chi connectivity index (χ0n) is 84.4. The maximum absolute atomic E-state index is 14.7. The number of allylic oxidation sites excluding steroid dienone is 3. The molecule has 0 spiro atoms. The van der Waals surface area contributed by atoms with Gasteiger partial charge in [-0.05, 0) is 287 Å². The van der Waals surface area contributed by atoms with Crippen LogP contribution < -0.4 is 14.2 Å². The molecule has 3 aromatic rings. The second-order valence-corrected chi connectivity index (χ2v) is 54.4. The largest absolute Gasteiger partial charge is 0.497 e. The summed E-state index contributed by atoms with van der Waals surface area (Å²) in [6.45, 7) is 50.7. The molecule has 15 unspecified atom stereocenters. The summed E-state index contributed by atoms with van der Waals surface area (Å²) in [5, 5.41) is 20.9. The van der Waals surface area contributed by atoms with E-state index in [2.05, 4.69) is 162 Å². The molecule has 18 nitrogen and oxygen atoms in total. The van der Waals surface area contributed by atoms with E-state index in [0.29, 0.717) is 50.9 Å². The summed E-state index contributed by atoms with van der Waals surface area (Å²) >= 11 is 0. The Morgan fingerprint density at radius 1 is 0.423 bits per heavy atom. The number of unbranched alkanes of at least 4 members (excludes halogenated alkanes) is 5. The molecule has 9 aliphatic rings. The Labute approximate surface area is 785 Å². The number of rotatable bonds is 45. The zero-order valence-corrected chi connectivity index (χ0v) is 86.4. The average molecular weight is 1840 g/mol. The van der Waals surface area contributed by atoms with Crippen molar-refractivity contribution in [2.24, 2.45) is 121 Å². The first-order valence-electron chi connectivity index (χ1n) is 50.3. The van der Waals surface area contributed by atoms with Crippen LogP contribution in [0.15, 0.2) is 108 Å². The molecule has 9 aliphatic carbocycles. The highest BCUT2D eigenvalue weighted by molar-refractivity contribution is 6.74. The van der Waals surface area contributed by atoms with E-state index in [0.717, 1.165) is 180 Å². The van der Waals surface area contributed by atoms with Gasteiger partial charge in [-0.1, -0.05) is 221 Å². The topological polar surface area (TPSA) is 235 Å². The minimum atomic E-state index is -2.07. The van der Waals surface area contributed by atoms with Gasteiger partial charge in [0.2, 0.25) is 0 Å². The lowest BCUT2D eigenvalue weighted by Crippen LogP contribution is -2.53. The number of carbonyl (C=O) groups is 6. The number of esters is 3. The molecule has 6 fully saturated rings. The summed E-state index contributed by atoms with van der Waals surface area (Å²) < 4.78 is 60.3. The molecule has 0 saturated heterocycles. The van der Waals surface area contributed by atoms with Crippen molar-refractivity contribution in [3.05, 3.63) is 124 Å². The molecule has 6 saturated carbocycles. The van der Waals surface area contributed by atoms with E-state index < -0.39 is 55.2 Å². The van der Waals surface area contributed by atoms with Gasteiger partial charge in [0, 0.05) is 61.5 Å². The van der Waals surface area contributed by atoms with Gasteiger partial charge in [0.25, 0.3) is 0 Å². The molecular weight excluding hydrogens is 1670 g/mol. The Bertz CT molecular complexity index is 4290. The number of ether oxygens (including phenoxy) is 8. The molecule has 20 heteroatoms. The van der Waals surface area contributed by atoms with Crippen LogP contribution in [0.2, 0.25) is 36.3 Å². The van der Waals surface area contributed by atoms with Crippen LogP contribution in [0.5, 0.6) is 17.2 Å². The van der Waals surface area contributed by atoms with Gasteiger partial charge in [-0.25, -0.2) is 0 Å². The van der Waals surface area contributed by atoms with Crippen molar-refractivity contribution in [3.8, 4) is 17.2 Å². The van der Waals surface area contributed by atoms with Crippen LogP contribution in [0.3, 0.4) is 0 Å². The van der Waals surface area contributed by atoms with Crippen LogP contribution in [-0.4, -0.2) is 136 Å². The predicted molar refractivity (Wildman–Crippen MR) is 521 cm³/mol. The number of aldehydes is 3. The standard InChI is InChI=1S/C40H64O6Si.C36H56O6Si.C34H50O6/c1-11-12-20-44-21-14-13-15-33-29(4)36(46-47(9,10)38(5,6)7)23-35(33)39(27-41)24-31-22-34(28(2)3)40(39,25-31)37(42)45-26-30-16-18-32(43-8)19-17-30;1-24(2)30-18-27-20-35(23-38,36(30,21-27)33(39)41-22-26-13-15-28(40-7)16-14-26)31-19-32(42-43(8,9)34(4,5)6)25(3)29(31)12-10-11-17-37;1-6-7-15-39-16-9-8-10-28-24(4)31(36)18-30(28)33(22-35)19-26-17-29(23(2)3)34(33,20-26)32(37)40-21-25-11-13-27(38-5)14-12-25/h16-19,22,27-29,31,33,35-36H,11-15,20-21,23-26H2,1-10H3;13-16,18,23-25,27,29,31-32,37H,10-12,17,19-22H2,1-9H3;11-14,17,22-24,26,28,30-31,36H,6-10,15-16,18-21H2,1-5H3/t29?,31?,33?,35?,36?,39-,40+;25?,27?,29?,31?,32?,35-,36+;24?,26?,28?,30?,31?,33-,34+/m000/s1. The maximum atomic E-state index is 14.7. The molecule has 130 heavy (non-hydrogen) atoms. The fourth-order valence-corrected chi connectivity index (χ4v) is 28.5. The van der Waals surface area contributed by atoms with Gasteiger partial charge < -0.3 is 71.3 Å². The van der Waals surface area contributed by atoms with Gasteiger partial charge in [0.05, 0.1) is 27.4 Å². The van der Waals surface area contributed by atoms with Crippen molar-refractivity contribution >= 4 is 53.4 Å². The Hall–Kier alpha value is -6.11. The van der Waals surface area contributed by atoms with Crippen LogP contribution in [0.25, 0.3) is 0 Å². The van der Waals surface area contributed by atoms with E-state index in [1.54, 1.807) is 21.3 Å². The number of aliphatic hydroxyl groups is 2. The van der Waals surface area contributed by atoms with E-state index in [1.807, 2.05) is 72.8 Å². The van der Waals surface area contributed by atoms with Gasteiger partial charge in [-0.2, -0.15) is 0 Å². The normalized spacial score (nSPS) is 31.8. The monoisotopic (exact) mass is 1840 g/mol. The van der Waals surface area contributed by atoms with E-state index >= 15 is 0 Å². The molecule has 21 atom stereocenters. The van der Waals surface area contributed by atoms with Crippen molar-refractivity contribution in [3.63, 3.8) is 0 Å². The molecule has 0 heterocycles. The summed E-state index contributed by atoms with van der Waals surface area (Å²) in [5.74, 6) is 3.78. The lowest BCUT2D eigenvalue weighted by Gasteiger charge is -2.49. The Morgan fingerprint density at radius 2 is 0.708 bits per heavy atom. The second kappa shape index (κ2) is 44.8. The van der Waals surface area contributed by atoms with Crippen LogP contribution in [0, 0.1) is 121 Å². The van der Waals surface area contributed by atoms with Gasteiger partial charge in [0.15, 0.2) is 16.6 Å². The third kappa shape index (κ3) is 21.5. The van der Waals surface area contributed by atoms with Crippen LogP contribution >= 0.6 is 0 Å². The third-order valence-corrected chi connectivity index (χ3v) is 43.4.